The molecule has 6 rings (SSSR count). The van der Waals surface area contributed by atoms with E-state index in [-0.39, 0.29) is 6.04 Å². The van der Waals surface area contributed by atoms with Crippen molar-refractivity contribution in [2.24, 2.45) is 10.9 Å². The summed E-state index contributed by atoms with van der Waals surface area (Å²) in [6.45, 7) is 2.58. The summed E-state index contributed by atoms with van der Waals surface area (Å²) in [6, 6.07) is 31.3. The van der Waals surface area contributed by atoms with Gasteiger partial charge in [-0.25, -0.2) is 0 Å². The molecule has 1 N–H and O–H groups in total. The predicted molar refractivity (Wildman–Crippen MR) is 153 cm³/mol. The molecule has 1 aliphatic carbocycles. The molecular weight excluding hydrogens is 476 g/mol. The number of anilines is 1. The number of benzene rings is 4. The molecular formula is C33H29ClN2O. The third-order valence-corrected chi connectivity index (χ3v) is 7.75. The highest BCUT2D eigenvalue weighted by molar-refractivity contribution is 6.31. The van der Waals surface area contributed by atoms with Crippen LogP contribution < -0.4 is 10.1 Å². The van der Waals surface area contributed by atoms with Gasteiger partial charge in [-0.2, -0.15) is 0 Å². The average Bonchev–Trinajstić information content (AvgIpc) is 3.43. The Kier molecular flexibility index (Phi) is 6.55. The minimum Gasteiger partial charge on any atom is -0.488 e. The van der Waals surface area contributed by atoms with Crippen LogP contribution in [-0.2, 0) is 6.61 Å². The van der Waals surface area contributed by atoms with Crippen molar-refractivity contribution in [3.8, 4) is 5.75 Å². The summed E-state index contributed by atoms with van der Waals surface area (Å²) in [7, 11) is 0. The molecule has 0 saturated heterocycles. The first-order valence-electron chi connectivity index (χ1n) is 12.8. The van der Waals surface area contributed by atoms with Crippen molar-refractivity contribution in [2.45, 2.75) is 31.9 Å². The SMILES string of the molecule is Cc1ccc2c(c1)[C@@H]1C=CC[C@@H]1[C@H](c1ccc(N=Cc3ccccc3OCc3ccccc3Cl)cc1)N2. The maximum atomic E-state index is 6.29. The second kappa shape index (κ2) is 10.3. The van der Waals surface area contributed by atoms with Crippen molar-refractivity contribution < 1.29 is 4.74 Å². The average molecular weight is 505 g/mol. The van der Waals surface area contributed by atoms with E-state index in [4.69, 9.17) is 21.3 Å². The van der Waals surface area contributed by atoms with Crippen LogP contribution in [0.1, 0.15) is 46.2 Å². The fourth-order valence-corrected chi connectivity index (χ4v) is 5.64. The minimum atomic E-state index is 0.284. The third kappa shape index (κ3) is 4.92. The number of aliphatic imine (C=N–C) groups is 1. The predicted octanol–water partition coefficient (Wildman–Crippen LogP) is 8.80. The number of para-hydroxylation sites is 1. The Bertz CT molecular complexity index is 1470. The lowest BCUT2D eigenvalue weighted by Gasteiger charge is -2.37. The largest absolute Gasteiger partial charge is 0.488 e. The Labute approximate surface area is 223 Å². The Morgan fingerprint density at radius 2 is 1.78 bits per heavy atom. The molecule has 1 heterocycles. The van der Waals surface area contributed by atoms with E-state index < -0.39 is 0 Å². The molecule has 0 bridgehead atoms. The van der Waals surface area contributed by atoms with E-state index in [0.29, 0.717) is 23.5 Å². The molecule has 0 fully saturated rings. The van der Waals surface area contributed by atoms with Gasteiger partial charge in [0.1, 0.15) is 12.4 Å². The van der Waals surface area contributed by atoms with Crippen LogP contribution in [0.4, 0.5) is 11.4 Å². The number of fused-ring (bicyclic) bond motifs is 3. The van der Waals surface area contributed by atoms with Gasteiger partial charge in [0.2, 0.25) is 0 Å². The molecule has 1 aliphatic heterocycles. The van der Waals surface area contributed by atoms with Crippen LogP contribution in [0.15, 0.2) is 108 Å². The third-order valence-electron chi connectivity index (χ3n) is 7.38. The summed E-state index contributed by atoms with van der Waals surface area (Å²) >= 11 is 6.29. The van der Waals surface area contributed by atoms with Crippen LogP contribution in [-0.4, -0.2) is 6.21 Å². The van der Waals surface area contributed by atoms with Crippen LogP contribution in [0.3, 0.4) is 0 Å². The van der Waals surface area contributed by atoms with Gasteiger partial charge in [0, 0.05) is 34.0 Å². The monoisotopic (exact) mass is 504 g/mol. The van der Waals surface area contributed by atoms with Gasteiger partial charge in [0.15, 0.2) is 0 Å². The summed E-state index contributed by atoms with van der Waals surface area (Å²) in [4.78, 5) is 4.74. The Morgan fingerprint density at radius 1 is 0.973 bits per heavy atom. The fraction of sp³-hybridized carbons (Fsp3) is 0.182. The Morgan fingerprint density at radius 3 is 2.65 bits per heavy atom. The van der Waals surface area contributed by atoms with Gasteiger partial charge in [-0.05, 0) is 66.8 Å². The molecule has 0 amide bonds. The number of nitrogens with one attached hydrogen (secondary N) is 1. The maximum absolute atomic E-state index is 6.29. The fourth-order valence-electron chi connectivity index (χ4n) is 5.45. The van der Waals surface area contributed by atoms with E-state index >= 15 is 0 Å². The zero-order valence-electron chi connectivity index (χ0n) is 20.8. The standard InChI is InChI=1S/C33H29ClN2O/c1-22-13-18-31-29(19-22)27-9-6-10-28(27)33(36-31)23-14-16-26(17-15-23)35-20-24-7-3-5-12-32(24)37-21-25-8-2-4-11-30(25)34/h2-9,11-20,27-28,33,36H,10,21H2,1H3/t27-,28+,33+/m1/s1. The number of rotatable bonds is 6. The highest BCUT2D eigenvalue weighted by Gasteiger charge is 2.37. The van der Waals surface area contributed by atoms with Gasteiger partial charge in [-0.15, -0.1) is 0 Å². The number of ether oxygens (including phenoxy) is 1. The highest BCUT2D eigenvalue weighted by Crippen LogP contribution is 2.50. The minimum absolute atomic E-state index is 0.284. The Balaban J connectivity index is 1.18. The van der Waals surface area contributed by atoms with Crippen molar-refractivity contribution in [2.75, 3.05) is 5.32 Å². The number of hydrogen-bond acceptors (Lipinski definition) is 3. The first-order valence-corrected chi connectivity index (χ1v) is 13.2. The van der Waals surface area contributed by atoms with Crippen LogP contribution in [0, 0.1) is 12.8 Å². The smallest absolute Gasteiger partial charge is 0.128 e. The molecule has 4 aromatic carbocycles. The summed E-state index contributed by atoms with van der Waals surface area (Å²) in [5.74, 6) is 1.79. The maximum Gasteiger partial charge on any atom is 0.128 e. The van der Waals surface area contributed by atoms with Crippen molar-refractivity contribution in [1.29, 1.82) is 0 Å². The van der Waals surface area contributed by atoms with Gasteiger partial charge in [0.05, 0.1) is 11.7 Å². The number of halogens is 1. The second-order valence-corrected chi connectivity index (χ2v) is 10.2. The molecule has 0 spiro atoms. The van der Waals surface area contributed by atoms with Gasteiger partial charge in [-0.1, -0.05) is 83.9 Å². The van der Waals surface area contributed by atoms with Crippen molar-refractivity contribution in [3.63, 3.8) is 0 Å². The van der Waals surface area contributed by atoms with Crippen molar-refractivity contribution in [3.05, 3.63) is 136 Å². The molecule has 4 aromatic rings. The first-order chi connectivity index (χ1) is 18.2. The quantitative estimate of drug-likeness (QED) is 0.210. The molecule has 184 valence electrons. The molecule has 0 radical (unpaired) electrons. The van der Waals surface area contributed by atoms with Crippen LogP contribution in [0.2, 0.25) is 5.02 Å². The van der Waals surface area contributed by atoms with E-state index in [1.807, 2.05) is 54.7 Å². The van der Waals surface area contributed by atoms with Gasteiger partial charge >= 0.3 is 0 Å². The van der Waals surface area contributed by atoms with Crippen LogP contribution in [0.5, 0.6) is 5.75 Å². The lowest BCUT2D eigenvalue weighted by atomic mass is 9.76. The molecule has 37 heavy (non-hydrogen) atoms. The lowest BCUT2D eigenvalue weighted by molar-refractivity contribution is 0.306. The van der Waals surface area contributed by atoms with Crippen LogP contribution >= 0.6 is 11.6 Å². The van der Waals surface area contributed by atoms with E-state index in [1.165, 1.54) is 22.4 Å². The summed E-state index contributed by atoms with van der Waals surface area (Å²) in [5, 5.41) is 4.53. The molecule has 0 saturated carbocycles. The molecule has 3 atom stereocenters. The van der Waals surface area contributed by atoms with E-state index in [9.17, 15) is 0 Å². The zero-order valence-corrected chi connectivity index (χ0v) is 21.5. The number of aryl methyl sites for hydroxylation is 1. The molecule has 0 unspecified atom stereocenters. The van der Waals surface area contributed by atoms with E-state index in [2.05, 4.69) is 66.9 Å². The lowest BCUT2D eigenvalue weighted by Crippen LogP contribution is -2.29. The van der Waals surface area contributed by atoms with Crippen molar-refractivity contribution in [1.82, 2.24) is 0 Å². The van der Waals surface area contributed by atoms with E-state index in [1.54, 1.807) is 0 Å². The molecule has 2 aliphatic rings. The topological polar surface area (TPSA) is 33.6 Å². The summed E-state index contributed by atoms with van der Waals surface area (Å²) in [5.41, 5.74) is 8.09. The zero-order chi connectivity index (χ0) is 25.2. The van der Waals surface area contributed by atoms with Crippen LogP contribution in [0.25, 0.3) is 0 Å². The molecule has 0 aromatic heterocycles. The Hall–Kier alpha value is -3.82. The first kappa shape index (κ1) is 23.6. The van der Waals surface area contributed by atoms with Gasteiger partial charge < -0.3 is 10.1 Å². The van der Waals surface area contributed by atoms with E-state index in [0.717, 1.165) is 29.0 Å². The number of allylic oxidation sites excluding steroid dienone is 2. The van der Waals surface area contributed by atoms with Gasteiger partial charge in [-0.3, -0.25) is 4.99 Å². The molecule has 4 heteroatoms. The number of nitrogens with zero attached hydrogens (tertiary/aromatic N) is 1. The number of hydrogen-bond donors (Lipinski definition) is 1. The summed E-state index contributed by atoms with van der Waals surface area (Å²) < 4.78 is 6.08. The highest BCUT2D eigenvalue weighted by atomic mass is 35.5. The van der Waals surface area contributed by atoms with Crippen molar-refractivity contribution >= 4 is 29.2 Å². The molecule has 3 nitrogen and oxygen atoms in total. The van der Waals surface area contributed by atoms with Gasteiger partial charge in [0.25, 0.3) is 0 Å². The second-order valence-electron chi connectivity index (χ2n) is 9.83. The normalized spacial score (nSPS) is 19.9. The summed E-state index contributed by atoms with van der Waals surface area (Å²) in [6.07, 6.45) is 7.69.